The van der Waals surface area contributed by atoms with E-state index >= 15 is 0 Å². The zero-order valence-electron chi connectivity index (χ0n) is 19.8. The number of piperidine rings is 2. The first kappa shape index (κ1) is 24.9. The van der Waals surface area contributed by atoms with Crippen molar-refractivity contribution in [2.75, 3.05) is 26.2 Å². The fourth-order valence-corrected chi connectivity index (χ4v) is 3.80. The van der Waals surface area contributed by atoms with E-state index in [0.29, 0.717) is 39.0 Å². The van der Waals surface area contributed by atoms with Gasteiger partial charge in [0.2, 0.25) is 0 Å². The molecular weight excluding hydrogens is 422 g/mol. The third-order valence-electron chi connectivity index (χ3n) is 5.71. The van der Waals surface area contributed by atoms with Crippen molar-refractivity contribution in [1.82, 2.24) is 15.3 Å². The molecule has 2 amide bonds. The number of carbonyl (C=O) groups excluding carboxylic acids is 2. The summed E-state index contributed by atoms with van der Waals surface area (Å²) in [5.74, 6) is 6.46. The van der Waals surface area contributed by atoms with Gasteiger partial charge in [-0.15, -0.1) is 0 Å². The van der Waals surface area contributed by atoms with E-state index in [9.17, 15) is 14.7 Å². The molecule has 1 aromatic carbocycles. The lowest BCUT2D eigenvalue weighted by Gasteiger charge is -2.34. The van der Waals surface area contributed by atoms with Crippen LogP contribution in [-0.4, -0.2) is 64.6 Å². The summed E-state index contributed by atoms with van der Waals surface area (Å²) in [6, 6.07) is 9.56. The van der Waals surface area contributed by atoms with Gasteiger partial charge in [-0.2, -0.15) is 0 Å². The van der Waals surface area contributed by atoms with E-state index in [2.05, 4.69) is 17.3 Å². The summed E-state index contributed by atoms with van der Waals surface area (Å²) in [5.41, 5.74) is 2.10. The summed E-state index contributed by atoms with van der Waals surface area (Å²) < 4.78 is 10.7. The Bertz CT molecular complexity index is 856. The largest absolute Gasteiger partial charge is 0.445 e. The molecule has 2 heterocycles. The molecule has 33 heavy (non-hydrogen) atoms. The molecule has 0 spiro atoms. The zero-order valence-corrected chi connectivity index (χ0v) is 19.8. The summed E-state index contributed by atoms with van der Waals surface area (Å²) in [6.07, 6.45) is 1.60. The van der Waals surface area contributed by atoms with Crippen LogP contribution in [0.4, 0.5) is 9.59 Å². The molecule has 2 aliphatic rings. The molecule has 2 fully saturated rings. The van der Waals surface area contributed by atoms with E-state index in [-0.39, 0.29) is 18.6 Å². The Morgan fingerprint density at radius 2 is 1.76 bits per heavy atom. The second-order valence-corrected chi connectivity index (χ2v) is 9.70. The van der Waals surface area contributed by atoms with Crippen LogP contribution >= 0.6 is 0 Å². The fourth-order valence-electron chi connectivity index (χ4n) is 3.80. The van der Waals surface area contributed by atoms with Gasteiger partial charge in [0.1, 0.15) is 17.8 Å². The summed E-state index contributed by atoms with van der Waals surface area (Å²) in [6.45, 7) is 7.91. The van der Waals surface area contributed by atoms with Crippen molar-refractivity contribution in [3.63, 3.8) is 0 Å². The standard InChI is InChI=1S/C25H35N3O5/c1-24(2,3)33-22(29)26-28-15-10-20(11-16-28)9-12-25(31)13-17-27(18-14-25)23(30)32-19-21-7-5-4-6-8-21/h4-8,20,31H,10-11,13-19H2,1-3H3,(H,26,29). The maximum atomic E-state index is 12.3. The van der Waals surface area contributed by atoms with Crippen LogP contribution in [0.25, 0.3) is 0 Å². The SMILES string of the molecule is CC(C)(C)OC(=O)NN1CCC(C#CC2(O)CCN(C(=O)OCc3ccccc3)CC2)CC1. The molecule has 2 N–H and O–H groups in total. The van der Waals surface area contributed by atoms with Gasteiger partial charge in [-0.1, -0.05) is 42.2 Å². The molecule has 2 aliphatic heterocycles. The molecule has 0 bridgehead atoms. The highest BCUT2D eigenvalue weighted by atomic mass is 16.6. The molecule has 3 rings (SSSR count). The first-order valence-electron chi connectivity index (χ1n) is 11.6. The predicted octanol–water partition coefficient (Wildman–Crippen LogP) is 3.31. The van der Waals surface area contributed by atoms with Crippen LogP contribution in [0.1, 0.15) is 52.0 Å². The molecule has 0 aromatic heterocycles. The quantitative estimate of drug-likeness (QED) is 0.677. The van der Waals surface area contributed by atoms with Crippen molar-refractivity contribution in [3.8, 4) is 11.8 Å². The Hall–Kier alpha value is -2.76. The van der Waals surface area contributed by atoms with Gasteiger partial charge in [0, 0.05) is 44.9 Å². The van der Waals surface area contributed by atoms with Gasteiger partial charge in [-0.3, -0.25) is 5.43 Å². The van der Waals surface area contributed by atoms with Crippen LogP contribution in [0.2, 0.25) is 0 Å². The number of likely N-dealkylation sites (tertiary alicyclic amines) is 1. The second kappa shape index (κ2) is 10.9. The van der Waals surface area contributed by atoms with Crippen LogP contribution in [0.15, 0.2) is 30.3 Å². The molecular formula is C25H35N3O5. The molecule has 0 saturated carbocycles. The Kier molecular flexibility index (Phi) is 8.22. The van der Waals surface area contributed by atoms with Gasteiger partial charge in [0.05, 0.1) is 0 Å². The number of hydrogen-bond acceptors (Lipinski definition) is 6. The normalized spacial score (nSPS) is 19.2. The van der Waals surface area contributed by atoms with Crippen molar-refractivity contribution in [1.29, 1.82) is 0 Å². The van der Waals surface area contributed by atoms with Crippen molar-refractivity contribution in [2.24, 2.45) is 5.92 Å². The van der Waals surface area contributed by atoms with E-state index in [1.807, 2.05) is 56.1 Å². The number of nitrogens with zero attached hydrogens (tertiary/aromatic N) is 2. The number of hydrogen-bond donors (Lipinski definition) is 2. The van der Waals surface area contributed by atoms with E-state index in [1.165, 1.54) is 0 Å². The first-order chi connectivity index (χ1) is 15.6. The summed E-state index contributed by atoms with van der Waals surface area (Å²) in [5, 5.41) is 12.7. The monoisotopic (exact) mass is 457 g/mol. The number of aliphatic hydroxyl groups is 1. The van der Waals surface area contributed by atoms with Crippen LogP contribution in [0.5, 0.6) is 0 Å². The van der Waals surface area contributed by atoms with Crippen molar-refractivity contribution in [3.05, 3.63) is 35.9 Å². The van der Waals surface area contributed by atoms with Crippen LogP contribution in [0.3, 0.4) is 0 Å². The fraction of sp³-hybridized carbons (Fsp3) is 0.600. The van der Waals surface area contributed by atoms with Gasteiger partial charge in [-0.05, 0) is 39.2 Å². The Morgan fingerprint density at radius 1 is 1.12 bits per heavy atom. The first-order valence-corrected chi connectivity index (χ1v) is 11.6. The summed E-state index contributed by atoms with van der Waals surface area (Å²) >= 11 is 0. The number of hydrazine groups is 1. The van der Waals surface area contributed by atoms with Crippen LogP contribution in [-0.2, 0) is 16.1 Å². The molecule has 2 saturated heterocycles. The van der Waals surface area contributed by atoms with Crippen molar-refractivity contribution in [2.45, 2.75) is 64.3 Å². The molecule has 0 atom stereocenters. The number of carbonyl (C=O) groups is 2. The van der Waals surface area contributed by atoms with Gasteiger partial charge < -0.3 is 19.5 Å². The summed E-state index contributed by atoms with van der Waals surface area (Å²) in [4.78, 5) is 25.8. The smallest absolute Gasteiger partial charge is 0.422 e. The van der Waals surface area contributed by atoms with E-state index < -0.39 is 17.3 Å². The third kappa shape index (κ3) is 8.26. The molecule has 0 radical (unpaired) electrons. The lowest BCUT2D eigenvalue weighted by molar-refractivity contribution is 0.0200. The van der Waals surface area contributed by atoms with Gasteiger partial charge in [0.15, 0.2) is 0 Å². The molecule has 0 unspecified atom stereocenters. The molecule has 1 aromatic rings. The zero-order chi connectivity index (χ0) is 23.9. The number of nitrogens with one attached hydrogen (secondary N) is 1. The minimum atomic E-state index is -1.08. The Morgan fingerprint density at radius 3 is 2.36 bits per heavy atom. The van der Waals surface area contributed by atoms with Crippen molar-refractivity contribution < 1.29 is 24.2 Å². The highest BCUT2D eigenvalue weighted by Crippen LogP contribution is 2.23. The van der Waals surface area contributed by atoms with Gasteiger partial charge in [0.25, 0.3) is 0 Å². The van der Waals surface area contributed by atoms with Crippen molar-refractivity contribution >= 4 is 12.2 Å². The van der Waals surface area contributed by atoms with Crippen LogP contribution < -0.4 is 5.43 Å². The minimum absolute atomic E-state index is 0.166. The molecule has 180 valence electrons. The third-order valence-corrected chi connectivity index (χ3v) is 5.71. The number of ether oxygens (including phenoxy) is 2. The predicted molar refractivity (Wildman–Crippen MR) is 124 cm³/mol. The molecule has 8 nitrogen and oxygen atoms in total. The number of amides is 2. The maximum absolute atomic E-state index is 12.3. The highest BCUT2D eigenvalue weighted by molar-refractivity contribution is 5.68. The van der Waals surface area contributed by atoms with Gasteiger partial charge in [-0.25, -0.2) is 14.6 Å². The second-order valence-electron chi connectivity index (χ2n) is 9.70. The summed E-state index contributed by atoms with van der Waals surface area (Å²) in [7, 11) is 0. The van der Waals surface area contributed by atoms with E-state index in [1.54, 1.807) is 4.90 Å². The lowest BCUT2D eigenvalue weighted by atomic mass is 9.90. The average molecular weight is 458 g/mol. The number of benzene rings is 1. The Balaban J connectivity index is 1.39. The van der Waals surface area contributed by atoms with Crippen LogP contribution in [0, 0.1) is 17.8 Å². The minimum Gasteiger partial charge on any atom is -0.445 e. The Labute approximate surface area is 196 Å². The molecule has 8 heteroatoms. The average Bonchev–Trinajstić information content (AvgIpc) is 2.77. The topological polar surface area (TPSA) is 91.3 Å². The van der Waals surface area contributed by atoms with Gasteiger partial charge >= 0.3 is 12.2 Å². The lowest BCUT2D eigenvalue weighted by Crippen LogP contribution is -2.48. The maximum Gasteiger partial charge on any atom is 0.422 e. The molecule has 0 aliphatic carbocycles. The number of rotatable bonds is 3. The highest BCUT2D eigenvalue weighted by Gasteiger charge is 2.33. The van der Waals surface area contributed by atoms with E-state index in [4.69, 9.17) is 9.47 Å². The van der Waals surface area contributed by atoms with E-state index in [0.717, 1.165) is 18.4 Å².